The van der Waals surface area contributed by atoms with Crippen molar-refractivity contribution in [3.05, 3.63) is 28.8 Å². The first kappa shape index (κ1) is 15.6. The summed E-state index contributed by atoms with van der Waals surface area (Å²) in [5, 5.41) is 13.6. The minimum atomic E-state index is 0.181. The van der Waals surface area contributed by atoms with Crippen LogP contribution in [0.5, 0.6) is 0 Å². The Bertz CT molecular complexity index is 432. The van der Waals surface area contributed by atoms with E-state index < -0.39 is 0 Å². The Morgan fingerprint density at radius 2 is 2.15 bits per heavy atom. The van der Waals surface area contributed by atoms with E-state index >= 15 is 0 Å². The van der Waals surface area contributed by atoms with Gasteiger partial charge in [0.2, 0.25) is 0 Å². The summed E-state index contributed by atoms with van der Waals surface area (Å²) in [6, 6.07) is 7.08. The third kappa shape index (κ3) is 3.87. The number of hydrogen-bond acceptors (Lipinski definition) is 3. The van der Waals surface area contributed by atoms with E-state index in [0.29, 0.717) is 18.6 Å². The maximum Gasteiger partial charge on any atom is 0.0606 e. The zero-order valence-corrected chi connectivity index (χ0v) is 13.2. The first-order valence-corrected chi connectivity index (χ1v) is 7.89. The normalized spacial score (nSPS) is 15.4. The zero-order chi connectivity index (χ0) is 14.5. The SMILES string of the molecule is CC(C)NCc1ccc(Cl)cc1N(CCO)C1CCC1. The van der Waals surface area contributed by atoms with Gasteiger partial charge in [0.15, 0.2) is 0 Å². The van der Waals surface area contributed by atoms with Gasteiger partial charge in [-0.2, -0.15) is 0 Å². The Kier molecular flexibility index (Phi) is 5.70. The number of halogens is 1. The fourth-order valence-corrected chi connectivity index (χ4v) is 2.74. The molecule has 1 aliphatic carbocycles. The molecule has 1 fully saturated rings. The Hall–Kier alpha value is -0.770. The molecule has 1 aromatic carbocycles. The molecule has 0 aliphatic heterocycles. The molecule has 4 heteroatoms. The van der Waals surface area contributed by atoms with Crippen LogP contribution in [0.15, 0.2) is 18.2 Å². The summed E-state index contributed by atoms with van der Waals surface area (Å²) in [6.45, 7) is 5.98. The van der Waals surface area contributed by atoms with E-state index in [9.17, 15) is 5.11 Å². The molecule has 20 heavy (non-hydrogen) atoms. The standard InChI is InChI=1S/C16H25ClN2O/c1-12(2)18-11-13-6-7-14(17)10-16(13)19(8-9-20)15-4-3-5-15/h6-7,10,12,15,18,20H,3-5,8-9,11H2,1-2H3. The topological polar surface area (TPSA) is 35.5 Å². The largest absolute Gasteiger partial charge is 0.395 e. The summed E-state index contributed by atoms with van der Waals surface area (Å²) < 4.78 is 0. The number of nitrogens with zero attached hydrogens (tertiary/aromatic N) is 1. The van der Waals surface area contributed by atoms with Crippen LogP contribution in [0.3, 0.4) is 0 Å². The first-order valence-electron chi connectivity index (χ1n) is 7.51. The molecule has 0 bridgehead atoms. The molecule has 2 N–H and O–H groups in total. The van der Waals surface area contributed by atoms with Crippen LogP contribution < -0.4 is 10.2 Å². The van der Waals surface area contributed by atoms with Crippen molar-refractivity contribution < 1.29 is 5.11 Å². The van der Waals surface area contributed by atoms with Gasteiger partial charge < -0.3 is 15.3 Å². The van der Waals surface area contributed by atoms with Gasteiger partial charge in [0, 0.05) is 35.9 Å². The van der Waals surface area contributed by atoms with Crippen molar-refractivity contribution in [1.82, 2.24) is 5.32 Å². The Morgan fingerprint density at radius 1 is 1.40 bits per heavy atom. The van der Waals surface area contributed by atoms with Crippen molar-refractivity contribution in [2.75, 3.05) is 18.1 Å². The molecule has 1 aromatic rings. The zero-order valence-electron chi connectivity index (χ0n) is 12.4. The molecule has 3 nitrogen and oxygen atoms in total. The molecule has 2 rings (SSSR count). The summed E-state index contributed by atoms with van der Waals surface area (Å²) >= 11 is 6.18. The molecular weight excluding hydrogens is 272 g/mol. The molecule has 0 amide bonds. The van der Waals surface area contributed by atoms with Crippen LogP contribution in [0.1, 0.15) is 38.7 Å². The monoisotopic (exact) mass is 296 g/mol. The van der Waals surface area contributed by atoms with E-state index in [1.54, 1.807) is 0 Å². The third-order valence-corrected chi connectivity index (χ3v) is 4.15. The molecular formula is C16H25ClN2O. The van der Waals surface area contributed by atoms with Crippen molar-refractivity contribution in [2.45, 2.75) is 51.7 Å². The van der Waals surface area contributed by atoms with Crippen LogP contribution in [0.25, 0.3) is 0 Å². The van der Waals surface area contributed by atoms with Crippen molar-refractivity contribution in [3.8, 4) is 0 Å². The lowest BCUT2D eigenvalue weighted by Crippen LogP contribution is -2.42. The molecule has 112 valence electrons. The first-order chi connectivity index (χ1) is 9.61. The van der Waals surface area contributed by atoms with E-state index in [-0.39, 0.29) is 6.61 Å². The Balaban J connectivity index is 2.23. The quantitative estimate of drug-likeness (QED) is 0.811. The van der Waals surface area contributed by atoms with Gasteiger partial charge in [0.1, 0.15) is 0 Å². The number of aliphatic hydroxyl groups is 1. The van der Waals surface area contributed by atoms with Gasteiger partial charge in [-0.25, -0.2) is 0 Å². The Morgan fingerprint density at radius 3 is 2.70 bits per heavy atom. The molecule has 0 saturated heterocycles. The van der Waals surface area contributed by atoms with E-state index in [2.05, 4.69) is 30.1 Å². The van der Waals surface area contributed by atoms with Gasteiger partial charge in [-0.15, -0.1) is 0 Å². The van der Waals surface area contributed by atoms with Crippen LogP contribution in [0.4, 0.5) is 5.69 Å². The molecule has 0 atom stereocenters. The van der Waals surface area contributed by atoms with Gasteiger partial charge >= 0.3 is 0 Å². The van der Waals surface area contributed by atoms with E-state index in [4.69, 9.17) is 11.6 Å². The van der Waals surface area contributed by atoms with Crippen LogP contribution in [0, 0.1) is 0 Å². The highest BCUT2D eigenvalue weighted by Gasteiger charge is 2.26. The summed E-state index contributed by atoms with van der Waals surface area (Å²) in [4.78, 5) is 2.33. The number of anilines is 1. The second-order valence-corrected chi connectivity index (χ2v) is 6.25. The minimum Gasteiger partial charge on any atom is -0.395 e. The summed E-state index contributed by atoms with van der Waals surface area (Å²) in [6.07, 6.45) is 3.71. The van der Waals surface area contributed by atoms with Gasteiger partial charge in [0.25, 0.3) is 0 Å². The summed E-state index contributed by atoms with van der Waals surface area (Å²) in [7, 11) is 0. The number of nitrogens with one attached hydrogen (secondary N) is 1. The van der Waals surface area contributed by atoms with E-state index in [1.165, 1.54) is 30.5 Å². The van der Waals surface area contributed by atoms with E-state index in [1.807, 2.05) is 12.1 Å². The fraction of sp³-hybridized carbons (Fsp3) is 0.625. The highest BCUT2D eigenvalue weighted by Crippen LogP contribution is 2.33. The lowest BCUT2D eigenvalue weighted by Gasteiger charge is -2.40. The molecule has 1 aliphatic rings. The second-order valence-electron chi connectivity index (χ2n) is 5.81. The van der Waals surface area contributed by atoms with Crippen LogP contribution in [-0.4, -0.2) is 30.3 Å². The second kappa shape index (κ2) is 7.30. The van der Waals surface area contributed by atoms with Gasteiger partial charge in [-0.3, -0.25) is 0 Å². The maximum absolute atomic E-state index is 9.35. The molecule has 0 aromatic heterocycles. The van der Waals surface area contributed by atoms with Gasteiger partial charge in [0.05, 0.1) is 6.61 Å². The smallest absolute Gasteiger partial charge is 0.0606 e. The van der Waals surface area contributed by atoms with Crippen molar-refractivity contribution in [2.24, 2.45) is 0 Å². The fourth-order valence-electron chi connectivity index (χ4n) is 2.57. The third-order valence-electron chi connectivity index (χ3n) is 3.91. The van der Waals surface area contributed by atoms with E-state index in [0.717, 1.165) is 11.6 Å². The molecule has 0 spiro atoms. The summed E-state index contributed by atoms with van der Waals surface area (Å²) in [5.41, 5.74) is 2.42. The average Bonchev–Trinajstić information content (AvgIpc) is 2.34. The molecule has 0 unspecified atom stereocenters. The lowest BCUT2D eigenvalue weighted by atomic mass is 9.90. The lowest BCUT2D eigenvalue weighted by molar-refractivity contribution is 0.283. The number of benzene rings is 1. The molecule has 1 saturated carbocycles. The van der Waals surface area contributed by atoms with Crippen LogP contribution >= 0.6 is 11.6 Å². The van der Waals surface area contributed by atoms with Crippen LogP contribution in [0.2, 0.25) is 5.02 Å². The van der Waals surface area contributed by atoms with Gasteiger partial charge in [-0.1, -0.05) is 31.5 Å². The summed E-state index contributed by atoms with van der Waals surface area (Å²) in [5.74, 6) is 0. The van der Waals surface area contributed by atoms with Crippen LogP contribution in [-0.2, 0) is 6.54 Å². The highest BCUT2D eigenvalue weighted by molar-refractivity contribution is 6.30. The van der Waals surface area contributed by atoms with Crippen molar-refractivity contribution in [1.29, 1.82) is 0 Å². The van der Waals surface area contributed by atoms with Crippen molar-refractivity contribution >= 4 is 17.3 Å². The predicted octanol–water partition coefficient (Wildman–Crippen LogP) is 3.19. The van der Waals surface area contributed by atoms with Crippen molar-refractivity contribution in [3.63, 3.8) is 0 Å². The minimum absolute atomic E-state index is 0.181. The Labute approximate surface area is 126 Å². The maximum atomic E-state index is 9.35. The number of hydrogen-bond donors (Lipinski definition) is 2. The highest BCUT2D eigenvalue weighted by atomic mass is 35.5. The number of rotatable bonds is 7. The molecule has 0 radical (unpaired) electrons. The molecule has 0 heterocycles. The number of aliphatic hydroxyl groups excluding tert-OH is 1. The van der Waals surface area contributed by atoms with Gasteiger partial charge in [-0.05, 0) is 37.0 Å². The average molecular weight is 297 g/mol. The predicted molar refractivity (Wildman–Crippen MR) is 85.5 cm³/mol.